The minimum atomic E-state index is -3.53. The quantitative estimate of drug-likeness (QED) is 0.757. The second-order valence-electron chi connectivity index (χ2n) is 4.85. The summed E-state index contributed by atoms with van der Waals surface area (Å²) in [4.78, 5) is 6.39. The average Bonchev–Trinajstić information content (AvgIpc) is 2.49. The van der Waals surface area contributed by atoms with Gasteiger partial charge in [0.25, 0.3) is 0 Å². The van der Waals surface area contributed by atoms with Crippen molar-refractivity contribution in [2.45, 2.75) is 11.8 Å². The Kier molecular flexibility index (Phi) is 5.51. The fourth-order valence-electron chi connectivity index (χ4n) is 2.37. The van der Waals surface area contributed by atoms with Crippen LogP contribution in [-0.2, 0) is 10.0 Å². The van der Waals surface area contributed by atoms with Gasteiger partial charge in [0.15, 0.2) is 0 Å². The number of nitrogens with zero attached hydrogens (tertiary/aromatic N) is 3. The third kappa shape index (κ3) is 3.70. The van der Waals surface area contributed by atoms with E-state index < -0.39 is 10.0 Å². The molecule has 0 aromatic carbocycles. The predicted octanol–water partition coefficient (Wildman–Crippen LogP) is -0.188. The van der Waals surface area contributed by atoms with E-state index >= 15 is 0 Å². The number of hydrogen-bond acceptors (Lipinski definition) is 6. The minimum absolute atomic E-state index is 0.0971. The molecular weight excluding hydrogens is 292 g/mol. The number of anilines is 1. The maximum atomic E-state index is 12.7. The van der Waals surface area contributed by atoms with Crippen molar-refractivity contribution in [3.63, 3.8) is 0 Å². The largest absolute Gasteiger partial charge is 0.395 e. The fraction of sp³-hybridized carbons (Fsp3) is 0.615. The third-order valence-electron chi connectivity index (χ3n) is 3.48. The van der Waals surface area contributed by atoms with E-state index in [9.17, 15) is 8.42 Å². The number of aliphatic hydroxyl groups excluding tert-OH is 1. The van der Waals surface area contributed by atoms with Crippen LogP contribution in [-0.4, -0.2) is 73.6 Å². The summed E-state index contributed by atoms with van der Waals surface area (Å²) in [6.07, 6.45) is 1.58. The third-order valence-corrected chi connectivity index (χ3v) is 5.41. The van der Waals surface area contributed by atoms with Crippen molar-refractivity contribution in [3.8, 4) is 0 Å². The number of aliphatic hydroxyl groups is 1. The molecule has 0 saturated carbocycles. The summed E-state index contributed by atoms with van der Waals surface area (Å²) >= 11 is 0. The van der Waals surface area contributed by atoms with Crippen LogP contribution in [0, 0.1) is 0 Å². The maximum Gasteiger partial charge on any atom is 0.246 e. The monoisotopic (exact) mass is 314 g/mol. The lowest BCUT2D eigenvalue weighted by molar-refractivity contribution is 0.151. The molecule has 0 unspecified atom stereocenters. The number of hydrogen-bond donors (Lipinski definition) is 2. The number of rotatable bonds is 6. The van der Waals surface area contributed by atoms with Gasteiger partial charge in [-0.2, -0.15) is 4.31 Å². The van der Waals surface area contributed by atoms with Gasteiger partial charge in [0.05, 0.1) is 6.61 Å². The standard InChI is InChI=1S/C13H22N4O3S/c1-2-14-13-12(4-3-5-15-13)21(19,20)17-8-6-16(7-9-17)10-11-18/h3-5,18H,2,6-11H2,1H3,(H,14,15). The maximum absolute atomic E-state index is 12.7. The summed E-state index contributed by atoms with van der Waals surface area (Å²) < 4.78 is 26.9. The lowest BCUT2D eigenvalue weighted by Gasteiger charge is -2.33. The van der Waals surface area contributed by atoms with Gasteiger partial charge in [-0.15, -0.1) is 0 Å². The van der Waals surface area contributed by atoms with Gasteiger partial charge in [0.1, 0.15) is 10.7 Å². The van der Waals surface area contributed by atoms with E-state index in [-0.39, 0.29) is 11.5 Å². The Bertz CT molecular complexity index is 556. The molecule has 1 fully saturated rings. The molecule has 0 amide bonds. The molecular formula is C13H22N4O3S. The van der Waals surface area contributed by atoms with Gasteiger partial charge < -0.3 is 10.4 Å². The average molecular weight is 314 g/mol. The molecule has 1 aromatic heterocycles. The molecule has 0 radical (unpaired) electrons. The molecule has 2 heterocycles. The number of nitrogens with one attached hydrogen (secondary N) is 1. The lowest BCUT2D eigenvalue weighted by atomic mass is 10.4. The molecule has 0 spiro atoms. The van der Waals surface area contributed by atoms with E-state index in [4.69, 9.17) is 5.11 Å². The van der Waals surface area contributed by atoms with Gasteiger partial charge in [-0.05, 0) is 19.1 Å². The Morgan fingerprint density at radius 3 is 2.67 bits per heavy atom. The second kappa shape index (κ2) is 7.17. The summed E-state index contributed by atoms with van der Waals surface area (Å²) in [5.41, 5.74) is 0. The Labute approximate surface area is 125 Å². The van der Waals surface area contributed by atoms with Crippen LogP contribution in [0.5, 0.6) is 0 Å². The number of piperazine rings is 1. The minimum Gasteiger partial charge on any atom is -0.395 e. The van der Waals surface area contributed by atoms with Crippen LogP contribution in [0.15, 0.2) is 23.2 Å². The Hall–Kier alpha value is -1.22. The van der Waals surface area contributed by atoms with E-state index in [1.807, 2.05) is 6.92 Å². The first-order valence-electron chi connectivity index (χ1n) is 7.12. The highest BCUT2D eigenvalue weighted by Crippen LogP contribution is 2.23. The summed E-state index contributed by atoms with van der Waals surface area (Å²) in [6.45, 7) is 5.34. The summed E-state index contributed by atoms with van der Waals surface area (Å²) in [6, 6.07) is 3.22. The van der Waals surface area contributed by atoms with Gasteiger partial charge in [-0.1, -0.05) is 0 Å². The van der Waals surface area contributed by atoms with E-state index in [0.29, 0.717) is 45.1 Å². The fourth-order valence-corrected chi connectivity index (χ4v) is 3.91. The number of sulfonamides is 1. The molecule has 1 saturated heterocycles. The smallest absolute Gasteiger partial charge is 0.246 e. The van der Waals surface area contributed by atoms with E-state index in [1.54, 1.807) is 18.3 Å². The molecule has 2 N–H and O–H groups in total. The van der Waals surface area contributed by atoms with Crippen LogP contribution in [0.25, 0.3) is 0 Å². The van der Waals surface area contributed by atoms with Crippen molar-refractivity contribution in [1.29, 1.82) is 0 Å². The molecule has 2 rings (SSSR count). The second-order valence-corrected chi connectivity index (χ2v) is 6.76. The predicted molar refractivity (Wildman–Crippen MR) is 80.7 cm³/mol. The van der Waals surface area contributed by atoms with Crippen LogP contribution in [0.1, 0.15) is 6.92 Å². The van der Waals surface area contributed by atoms with Gasteiger partial charge >= 0.3 is 0 Å². The molecule has 8 heteroatoms. The molecule has 1 aliphatic heterocycles. The van der Waals surface area contributed by atoms with Crippen LogP contribution in [0.4, 0.5) is 5.82 Å². The van der Waals surface area contributed by atoms with Crippen LogP contribution in [0.3, 0.4) is 0 Å². The topological polar surface area (TPSA) is 85.8 Å². The number of pyridine rings is 1. The van der Waals surface area contributed by atoms with Crippen molar-refractivity contribution in [1.82, 2.24) is 14.2 Å². The summed E-state index contributed by atoms with van der Waals surface area (Å²) in [5.74, 6) is 0.401. The van der Waals surface area contributed by atoms with E-state index in [2.05, 4.69) is 15.2 Å². The molecule has 1 aromatic rings. The normalized spacial score (nSPS) is 17.8. The van der Waals surface area contributed by atoms with Crippen molar-refractivity contribution >= 4 is 15.8 Å². The molecule has 21 heavy (non-hydrogen) atoms. The molecule has 118 valence electrons. The first-order chi connectivity index (χ1) is 10.1. The molecule has 1 aliphatic rings. The highest BCUT2D eigenvalue weighted by Gasteiger charge is 2.30. The zero-order chi connectivity index (χ0) is 15.3. The van der Waals surface area contributed by atoms with Crippen LogP contribution >= 0.6 is 0 Å². The number of β-amino-alcohol motifs (C(OH)–C–C–N with tert-alkyl or cyclic N) is 1. The van der Waals surface area contributed by atoms with Crippen molar-refractivity contribution in [2.24, 2.45) is 0 Å². The Morgan fingerprint density at radius 2 is 2.05 bits per heavy atom. The highest BCUT2D eigenvalue weighted by molar-refractivity contribution is 7.89. The van der Waals surface area contributed by atoms with Gasteiger partial charge in [-0.3, -0.25) is 4.90 Å². The lowest BCUT2D eigenvalue weighted by Crippen LogP contribution is -2.49. The van der Waals surface area contributed by atoms with E-state index in [1.165, 1.54) is 4.31 Å². The van der Waals surface area contributed by atoms with Crippen LogP contribution in [0.2, 0.25) is 0 Å². The molecule has 0 aliphatic carbocycles. The first-order valence-corrected chi connectivity index (χ1v) is 8.56. The van der Waals surface area contributed by atoms with Crippen molar-refractivity contribution in [3.05, 3.63) is 18.3 Å². The SMILES string of the molecule is CCNc1ncccc1S(=O)(=O)N1CCN(CCO)CC1. The van der Waals surface area contributed by atoms with Crippen molar-refractivity contribution in [2.75, 3.05) is 51.2 Å². The van der Waals surface area contributed by atoms with E-state index in [0.717, 1.165) is 0 Å². The zero-order valence-electron chi connectivity index (χ0n) is 12.2. The van der Waals surface area contributed by atoms with Crippen molar-refractivity contribution < 1.29 is 13.5 Å². The number of aromatic nitrogens is 1. The van der Waals surface area contributed by atoms with Gasteiger partial charge in [0.2, 0.25) is 10.0 Å². The molecule has 0 bridgehead atoms. The summed E-state index contributed by atoms with van der Waals surface area (Å²) in [7, 11) is -3.53. The van der Waals surface area contributed by atoms with Gasteiger partial charge in [0, 0.05) is 45.5 Å². The highest BCUT2D eigenvalue weighted by atomic mass is 32.2. The zero-order valence-corrected chi connectivity index (χ0v) is 13.0. The Morgan fingerprint density at radius 1 is 1.33 bits per heavy atom. The summed E-state index contributed by atoms with van der Waals surface area (Å²) in [5, 5.41) is 11.9. The Balaban J connectivity index is 2.16. The molecule has 7 nitrogen and oxygen atoms in total. The first kappa shape index (κ1) is 16.2. The molecule has 0 atom stereocenters. The van der Waals surface area contributed by atoms with Gasteiger partial charge in [-0.25, -0.2) is 13.4 Å². The van der Waals surface area contributed by atoms with Crippen LogP contribution < -0.4 is 5.32 Å².